The van der Waals surface area contributed by atoms with Crippen LogP contribution in [0.1, 0.15) is 450 Å². The number of unbranched alkanes of at least 4 members (excludes halogenated alkanes) is 62. The first kappa shape index (κ1) is 80.9. The molecule has 0 saturated heterocycles. The van der Waals surface area contributed by atoms with E-state index < -0.39 is 12.1 Å². The third-order valence-electron chi connectivity index (χ3n) is 18.4. The molecular formula is C76H151NO5. The lowest BCUT2D eigenvalue weighted by Crippen LogP contribution is -2.45. The SMILES string of the molecule is CCCCCCCCCCCCCCCCCCCCCCCC(O)C(CO)NC(=O)CCCCCCCCCCCCCCCCCCCCCCCCCCCCCCCOC(=O)CCCCCCCCCCCCCCCCC. The number of carbonyl (C=O) groups is 2. The largest absolute Gasteiger partial charge is 0.466 e. The van der Waals surface area contributed by atoms with Crippen LogP contribution in [0.2, 0.25) is 0 Å². The number of hydrogen-bond donors (Lipinski definition) is 3. The molecule has 0 aromatic rings. The predicted octanol–water partition coefficient (Wildman–Crippen LogP) is 24.9. The standard InChI is InChI=1S/C76H151NO5/c1-3-5-7-9-11-13-15-17-19-20-21-31-34-37-41-44-48-52-56-60-64-68-74(79)73(72-78)77-75(80)69-65-61-57-53-49-45-42-38-35-32-29-27-25-23-22-24-26-28-30-33-36-39-43-47-51-55-59-63-67-71-82-76(81)70-66-62-58-54-50-46-40-18-16-14-12-10-8-6-4-2/h73-74,78-79H,3-72H2,1-2H3,(H,77,80). The summed E-state index contributed by atoms with van der Waals surface area (Å²) in [5.41, 5.74) is 0. The zero-order valence-electron chi connectivity index (χ0n) is 56.3. The first-order valence-electron chi connectivity index (χ1n) is 38.3. The second-order valence-electron chi connectivity index (χ2n) is 26.7. The van der Waals surface area contributed by atoms with Crippen LogP contribution >= 0.6 is 0 Å². The Balaban J connectivity index is 3.32. The molecular weight excluding hydrogens is 1010 g/mol. The van der Waals surface area contributed by atoms with Crippen molar-refractivity contribution in [3.8, 4) is 0 Å². The third-order valence-corrected chi connectivity index (χ3v) is 18.4. The molecule has 0 aromatic carbocycles. The number of nitrogens with one attached hydrogen (secondary N) is 1. The molecule has 3 N–H and O–H groups in total. The van der Waals surface area contributed by atoms with E-state index in [0.717, 1.165) is 38.5 Å². The van der Waals surface area contributed by atoms with E-state index in [1.807, 2.05) is 0 Å². The van der Waals surface area contributed by atoms with Crippen molar-refractivity contribution in [2.45, 2.75) is 463 Å². The molecule has 0 aliphatic rings. The molecule has 0 bridgehead atoms. The van der Waals surface area contributed by atoms with E-state index in [1.54, 1.807) is 0 Å². The van der Waals surface area contributed by atoms with Gasteiger partial charge in [0.15, 0.2) is 0 Å². The molecule has 6 heteroatoms. The number of carbonyl (C=O) groups excluding carboxylic acids is 2. The van der Waals surface area contributed by atoms with Gasteiger partial charge < -0.3 is 20.3 Å². The quantitative estimate of drug-likeness (QED) is 0.0417. The van der Waals surface area contributed by atoms with E-state index >= 15 is 0 Å². The number of aliphatic hydroxyl groups is 2. The van der Waals surface area contributed by atoms with E-state index in [2.05, 4.69) is 19.2 Å². The van der Waals surface area contributed by atoms with Crippen LogP contribution in [0.25, 0.3) is 0 Å². The van der Waals surface area contributed by atoms with E-state index in [0.29, 0.717) is 25.9 Å². The minimum atomic E-state index is -0.662. The van der Waals surface area contributed by atoms with Gasteiger partial charge >= 0.3 is 5.97 Å². The van der Waals surface area contributed by atoms with Crippen LogP contribution < -0.4 is 5.32 Å². The van der Waals surface area contributed by atoms with Crippen LogP contribution in [-0.2, 0) is 14.3 Å². The third kappa shape index (κ3) is 68.0. The molecule has 6 nitrogen and oxygen atoms in total. The van der Waals surface area contributed by atoms with Crippen molar-refractivity contribution in [3.63, 3.8) is 0 Å². The van der Waals surface area contributed by atoms with Crippen molar-refractivity contribution in [2.75, 3.05) is 13.2 Å². The van der Waals surface area contributed by atoms with Gasteiger partial charge in [-0.05, 0) is 25.7 Å². The minimum absolute atomic E-state index is 0.0239. The normalized spacial score (nSPS) is 12.4. The van der Waals surface area contributed by atoms with Crippen LogP contribution in [0.3, 0.4) is 0 Å². The van der Waals surface area contributed by atoms with Gasteiger partial charge in [0.25, 0.3) is 0 Å². The summed E-state index contributed by atoms with van der Waals surface area (Å²) in [4.78, 5) is 24.6. The Morgan fingerprint density at radius 2 is 0.500 bits per heavy atom. The fourth-order valence-corrected chi connectivity index (χ4v) is 12.6. The molecule has 0 radical (unpaired) electrons. The first-order valence-corrected chi connectivity index (χ1v) is 38.3. The van der Waals surface area contributed by atoms with Crippen molar-refractivity contribution in [1.82, 2.24) is 5.32 Å². The Bertz CT molecular complexity index is 1200. The molecule has 1 amide bonds. The monoisotopic (exact) mass is 1160 g/mol. The molecule has 2 unspecified atom stereocenters. The van der Waals surface area contributed by atoms with Crippen molar-refractivity contribution in [2.24, 2.45) is 0 Å². The summed E-state index contributed by atoms with van der Waals surface area (Å²) >= 11 is 0. The maximum atomic E-state index is 12.6. The van der Waals surface area contributed by atoms with Crippen LogP contribution in [0.15, 0.2) is 0 Å². The molecule has 0 fully saturated rings. The van der Waals surface area contributed by atoms with Gasteiger partial charge in [0.05, 0.1) is 25.4 Å². The zero-order valence-corrected chi connectivity index (χ0v) is 56.3. The molecule has 0 aliphatic carbocycles. The van der Waals surface area contributed by atoms with Crippen molar-refractivity contribution < 1.29 is 24.5 Å². The van der Waals surface area contributed by atoms with Gasteiger partial charge in [-0.1, -0.05) is 412 Å². The van der Waals surface area contributed by atoms with E-state index in [-0.39, 0.29) is 18.5 Å². The highest BCUT2D eigenvalue weighted by atomic mass is 16.5. The lowest BCUT2D eigenvalue weighted by molar-refractivity contribution is -0.143. The van der Waals surface area contributed by atoms with E-state index in [9.17, 15) is 19.8 Å². The van der Waals surface area contributed by atoms with Crippen LogP contribution in [0.5, 0.6) is 0 Å². The Labute approximate surface area is 515 Å². The highest BCUT2D eigenvalue weighted by Gasteiger charge is 2.20. The second-order valence-corrected chi connectivity index (χ2v) is 26.7. The number of amides is 1. The smallest absolute Gasteiger partial charge is 0.305 e. The zero-order chi connectivity index (χ0) is 59.2. The topological polar surface area (TPSA) is 95.9 Å². The molecule has 490 valence electrons. The van der Waals surface area contributed by atoms with Crippen molar-refractivity contribution in [1.29, 1.82) is 0 Å². The highest BCUT2D eigenvalue weighted by Crippen LogP contribution is 2.20. The molecule has 2 atom stereocenters. The summed E-state index contributed by atoms with van der Waals surface area (Å²) in [6.45, 7) is 5.02. The van der Waals surface area contributed by atoms with Crippen molar-refractivity contribution >= 4 is 11.9 Å². The Hall–Kier alpha value is -1.14. The number of ether oxygens (including phenoxy) is 1. The average molecular weight is 1160 g/mol. The Morgan fingerprint density at radius 1 is 0.293 bits per heavy atom. The van der Waals surface area contributed by atoms with Crippen LogP contribution in [-0.4, -0.2) is 47.4 Å². The average Bonchev–Trinajstić information content (AvgIpc) is 3.48. The summed E-state index contributed by atoms with van der Waals surface area (Å²) in [6, 6.07) is -0.539. The lowest BCUT2D eigenvalue weighted by Gasteiger charge is -2.22. The van der Waals surface area contributed by atoms with Gasteiger partial charge in [-0.25, -0.2) is 0 Å². The van der Waals surface area contributed by atoms with E-state index in [4.69, 9.17) is 4.74 Å². The molecule has 0 saturated carbocycles. The second kappa shape index (κ2) is 72.3. The fraction of sp³-hybridized carbons (Fsp3) is 0.974. The molecule has 0 rings (SSSR count). The predicted molar refractivity (Wildman–Crippen MR) is 361 cm³/mol. The number of esters is 1. The minimum Gasteiger partial charge on any atom is -0.466 e. The van der Waals surface area contributed by atoms with Gasteiger partial charge in [0.2, 0.25) is 5.91 Å². The number of aliphatic hydroxyl groups excluding tert-OH is 2. The molecule has 0 spiro atoms. The van der Waals surface area contributed by atoms with Gasteiger partial charge in [0.1, 0.15) is 0 Å². The highest BCUT2D eigenvalue weighted by molar-refractivity contribution is 5.76. The first-order chi connectivity index (χ1) is 40.5. The summed E-state index contributed by atoms with van der Waals surface area (Å²) in [5, 5.41) is 23.4. The van der Waals surface area contributed by atoms with Crippen LogP contribution in [0, 0.1) is 0 Å². The Morgan fingerprint density at radius 3 is 0.744 bits per heavy atom. The summed E-state index contributed by atoms with van der Waals surface area (Å²) in [5.74, 6) is -0.00159. The van der Waals surface area contributed by atoms with Gasteiger partial charge in [0, 0.05) is 12.8 Å². The fourth-order valence-electron chi connectivity index (χ4n) is 12.6. The van der Waals surface area contributed by atoms with Crippen molar-refractivity contribution in [3.05, 3.63) is 0 Å². The number of hydrogen-bond acceptors (Lipinski definition) is 5. The van der Waals surface area contributed by atoms with Crippen LogP contribution in [0.4, 0.5) is 0 Å². The maximum Gasteiger partial charge on any atom is 0.305 e. The van der Waals surface area contributed by atoms with Gasteiger partial charge in [-0.2, -0.15) is 0 Å². The molecule has 82 heavy (non-hydrogen) atoms. The summed E-state index contributed by atoms with van der Waals surface area (Å²) < 4.78 is 5.51. The summed E-state index contributed by atoms with van der Waals surface area (Å²) in [6.07, 6.45) is 88.9. The molecule has 0 aromatic heterocycles. The summed E-state index contributed by atoms with van der Waals surface area (Å²) in [7, 11) is 0. The van der Waals surface area contributed by atoms with Gasteiger partial charge in [-0.3, -0.25) is 9.59 Å². The lowest BCUT2D eigenvalue weighted by atomic mass is 10.0. The van der Waals surface area contributed by atoms with Gasteiger partial charge in [-0.15, -0.1) is 0 Å². The maximum absolute atomic E-state index is 12.6. The van der Waals surface area contributed by atoms with E-state index in [1.165, 1.54) is 379 Å². The molecule has 0 aliphatic heterocycles. The number of rotatable bonds is 73. The Kier molecular flexibility index (Phi) is 71.3. The molecule has 0 heterocycles.